The molecular weight excluding hydrogens is 418 g/mol. The fourth-order valence-corrected chi connectivity index (χ4v) is 5.69. The summed E-state index contributed by atoms with van der Waals surface area (Å²) < 4.78 is 11.6. The van der Waals surface area contributed by atoms with Crippen molar-refractivity contribution in [1.82, 2.24) is 14.8 Å². The first-order valence-corrected chi connectivity index (χ1v) is 11.9. The molecule has 1 atom stereocenters. The Morgan fingerprint density at radius 2 is 1.82 bits per heavy atom. The Hall–Kier alpha value is -2.93. The van der Waals surface area contributed by atoms with Gasteiger partial charge in [0, 0.05) is 57.5 Å². The lowest BCUT2D eigenvalue weighted by Gasteiger charge is -2.48. The summed E-state index contributed by atoms with van der Waals surface area (Å²) >= 11 is 0. The molecule has 2 amide bonds. The van der Waals surface area contributed by atoms with Gasteiger partial charge in [0.2, 0.25) is 5.91 Å². The van der Waals surface area contributed by atoms with E-state index < -0.39 is 11.1 Å². The highest BCUT2D eigenvalue weighted by Crippen LogP contribution is 2.52. The van der Waals surface area contributed by atoms with Crippen LogP contribution in [0.25, 0.3) is 0 Å². The van der Waals surface area contributed by atoms with Gasteiger partial charge in [-0.25, -0.2) is 4.79 Å². The smallest absolute Gasteiger partial charge is 0.411 e. The number of nitrogens with zero attached hydrogens (tertiary/aromatic N) is 3. The van der Waals surface area contributed by atoms with Gasteiger partial charge in [0.05, 0.1) is 6.54 Å². The normalized spacial score (nSPS) is 25.3. The van der Waals surface area contributed by atoms with Crippen LogP contribution in [0.5, 0.6) is 0 Å². The van der Waals surface area contributed by atoms with Crippen molar-refractivity contribution < 1.29 is 19.1 Å². The number of hydrogen-bond donors (Lipinski definition) is 0. The maximum atomic E-state index is 13.3. The third-order valence-corrected chi connectivity index (χ3v) is 7.79. The lowest BCUT2D eigenvalue weighted by molar-refractivity contribution is -0.144. The average Bonchev–Trinajstić information content (AvgIpc) is 3.07. The van der Waals surface area contributed by atoms with E-state index in [0.717, 1.165) is 24.0 Å². The van der Waals surface area contributed by atoms with Gasteiger partial charge in [-0.05, 0) is 37.0 Å². The maximum absolute atomic E-state index is 13.3. The van der Waals surface area contributed by atoms with Crippen molar-refractivity contribution in [2.75, 3.05) is 26.3 Å². The molecule has 7 heteroatoms. The number of benzene rings is 1. The molecule has 0 radical (unpaired) electrons. The van der Waals surface area contributed by atoms with Crippen LogP contribution >= 0.6 is 0 Å². The van der Waals surface area contributed by atoms with E-state index in [1.165, 1.54) is 0 Å². The standard InChI is InChI=1S/C26H31N3O4/c1-25(22-8-5-13-27-18-22)26(33-24(31)29(25)19-20-6-3-2-4-7-20)11-14-28(15-12-26)23(30)21-9-16-32-17-10-21/h2-8,13,18,21H,9-12,14-17,19H2,1H3. The molecule has 7 nitrogen and oxygen atoms in total. The number of carbonyl (C=O) groups excluding carboxylic acids is 2. The summed E-state index contributed by atoms with van der Waals surface area (Å²) in [5, 5.41) is 0. The number of amides is 2. The van der Waals surface area contributed by atoms with Crippen molar-refractivity contribution in [3.63, 3.8) is 0 Å². The van der Waals surface area contributed by atoms with Crippen molar-refractivity contribution in [2.24, 2.45) is 5.92 Å². The van der Waals surface area contributed by atoms with Gasteiger partial charge in [0.25, 0.3) is 0 Å². The molecule has 1 aromatic carbocycles. The van der Waals surface area contributed by atoms with Gasteiger partial charge in [-0.3, -0.25) is 14.7 Å². The van der Waals surface area contributed by atoms with Gasteiger partial charge in [0.1, 0.15) is 11.1 Å². The Bertz CT molecular complexity index is 985. The molecule has 0 saturated carbocycles. The molecule has 2 aromatic rings. The third-order valence-electron chi connectivity index (χ3n) is 7.79. The Balaban J connectivity index is 1.43. The molecule has 174 valence electrons. The molecule has 33 heavy (non-hydrogen) atoms. The van der Waals surface area contributed by atoms with Gasteiger partial charge in [-0.1, -0.05) is 36.4 Å². The minimum Gasteiger partial charge on any atom is -0.440 e. The Morgan fingerprint density at radius 3 is 2.48 bits per heavy atom. The lowest BCUT2D eigenvalue weighted by atomic mass is 9.70. The molecule has 0 bridgehead atoms. The first kappa shape index (κ1) is 21.9. The number of rotatable bonds is 4. The average molecular weight is 450 g/mol. The van der Waals surface area contributed by atoms with Crippen LogP contribution in [0.15, 0.2) is 54.9 Å². The largest absolute Gasteiger partial charge is 0.440 e. The van der Waals surface area contributed by atoms with Crippen LogP contribution in [0, 0.1) is 5.92 Å². The summed E-state index contributed by atoms with van der Waals surface area (Å²) in [4.78, 5) is 34.5. The molecule has 3 aliphatic heterocycles. The summed E-state index contributed by atoms with van der Waals surface area (Å²) in [7, 11) is 0. The van der Waals surface area contributed by atoms with Crippen LogP contribution in [0.3, 0.4) is 0 Å². The number of pyridine rings is 1. The molecule has 3 saturated heterocycles. The predicted molar refractivity (Wildman–Crippen MR) is 122 cm³/mol. The van der Waals surface area contributed by atoms with Crippen molar-refractivity contribution in [3.05, 3.63) is 66.0 Å². The van der Waals surface area contributed by atoms with E-state index in [1.54, 1.807) is 6.20 Å². The highest BCUT2D eigenvalue weighted by molar-refractivity contribution is 5.79. The Morgan fingerprint density at radius 1 is 1.09 bits per heavy atom. The summed E-state index contributed by atoms with van der Waals surface area (Å²) in [6.07, 6.45) is 6.04. The second-order valence-electron chi connectivity index (χ2n) is 9.46. The van der Waals surface area contributed by atoms with Gasteiger partial charge < -0.3 is 14.4 Å². The summed E-state index contributed by atoms with van der Waals surface area (Å²) in [5.74, 6) is 0.250. The molecule has 0 aliphatic carbocycles. The molecule has 1 spiro atoms. The van der Waals surface area contributed by atoms with Crippen molar-refractivity contribution >= 4 is 12.0 Å². The van der Waals surface area contributed by atoms with Crippen molar-refractivity contribution in [1.29, 1.82) is 0 Å². The number of ether oxygens (including phenoxy) is 2. The van der Waals surface area contributed by atoms with Crippen LogP contribution in [-0.4, -0.2) is 58.7 Å². The zero-order valence-electron chi connectivity index (χ0n) is 19.1. The second-order valence-corrected chi connectivity index (χ2v) is 9.46. The van der Waals surface area contributed by atoms with Crippen LogP contribution in [-0.2, 0) is 26.4 Å². The molecule has 3 fully saturated rings. The summed E-state index contributed by atoms with van der Waals surface area (Å²) in [6, 6.07) is 13.9. The zero-order chi connectivity index (χ0) is 22.9. The molecule has 3 aliphatic rings. The summed E-state index contributed by atoms with van der Waals surface area (Å²) in [5.41, 5.74) is 0.598. The van der Waals surface area contributed by atoms with E-state index in [-0.39, 0.29) is 17.9 Å². The van der Waals surface area contributed by atoms with Crippen LogP contribution < -0.4 is 0 Å². The van der Waals surface area contributed by atoms with Crippen molar-refractivity contribution in [2.45, 2.75) is 50.3 Å². The van der Waals surface area contributed by atoms with Gasteiger partial charge in [0.15, 0.2) is 0 Å². The second kappa shape index (κ2) is 8.78. The highest BCUT2D eigenvalue weighted by atomic mass is 16.6. The Labute approximate surface area is 194 Å². The molecule has 1 aromatic heterocycles. The van der Waals surface area contributed by atoms with Crippen LogP contribution in [0.2, 0.25) is 0 Å². The van der Waals surface area contributed by atoms with Gasteiger partial charge in [-0.15, -0.1) is 0 Å². The maximum Gasteiger partial charge on any atom is 0.411 e. The fourth-order valence-electron chi connectivity index (χ4n) is 5.69. The highest BCUT2D eigenvalue weighted by Gasteiger charge is 2.64. The monoisotopic (exact) mass is 449 g/mol. The minimum absolute atomic E-state index is 0.0400. The van der Waals surface area contributed by atoms with Gasteiger partial charge >= 0.3 is 6.09 Å². The lowest BCUT2D eigenvalue weighted by Crippen LogP contribution is -2.59. The van der Waals surface area contributed by atoms with E-state index in [2.05, 4.69) is 11.9 Å². The number of carbonyl (C=O) groups is 2. The molecule has 4 heterocycles. The topological polar surface area (TPSA) is 72.0 Å². The quantitative estimate of drug-likeness (QED) is 0.711. The number of aromatic nitrogens is 1. The first-order valence-electron chi connectivity index (χ1n) is 11.9. The molecule has 0 N–H and O–H groups in total. The van der Waals surface area contributed by atoms with Crippen LogP contribution in [0.4, 0.5) is 4.79 Å². The third kappa shape index (κ3) is 3.78. The minimum atomic E-state index is -0.714. The van der Waals surface area contributed by atoms with E-state index in [9.17, 15) is 9.59 Å². The van der Waals surface area contributed by atoms with E-state index in [4.69, 9.17) is 9.47 Å². The fraction of sp³-hybridized carbons (Fsp3) is 0.500. The Kier molecular flexibility index (Phi) is 5.83. The number of hydrogen-bond acceptors (Lipinski definition) is 5. The molecule has 1 unspecified atom stereocenters. The van der Waals surface area contributed by atoms with Gasteiger partial charge in [-0.2, -0.15) is 0 Å². The predicted octanol–water partition coefficient (Wildman–Crippen LogP) is 3.74. The zero-order valence-corrected chi connectivity index (χ0v) is 19.1. The van der Waals surface area contributed by atoms with Crippen LogP contribution in [0.1, 0.15) is 43.7 Å². The van der Waals surface area contributed by atoms with Crippen molar-refractivity contribution in [3.8, 4) is 0 Å². The first-order chi connectivity index (χ1) is 16.0. The summed E-state index contributed by atoms with van der Waals surface area (Å²) in [6.45, 7) is 5.01. The number of likely N-dealkylation sites (tertiary alicyclic amines) is 1. The molecular formula is C26H31N3O4. The number of piperidine rings is 1. The van der Waals surface area contributed by atoms with E-state index in [0.29, 0.717) is 45.7 Å². The van der Waals surface area contributed by atoms with E-state index in [1.807, 2.05) is 58.5 Å². The molecule has 5 rings (SSSR count). The van der Waals surface area contributed by atoms with E-state index >= 15 is 0 Å². The SMILES string of the molecule is CC1(c2cccnc2)N(Cc2ccccc2)C(=O)OC12CCN(C(=O)C1CCOCC1)CC2.